The van der Waals surface area contributed by atoms with Gasteiger partial charge >= 0.3 is 0 Å². The molecule has 0 aromatic heterocycles. The first-order chi connectivity index (χ1) is 3.29. The number of rotatable bonds is 0. The summed E-state index contributed by atoms with van der Waals surface area (Å²) in [5.41, 5.74) is 0. The van der Waals surface area contributed by atoms with Crippen LogP contribution in [-0.2, 0) is 0 Å². The largest absolute Gasteiger partial charge is 0.387 e. The van der Waals surface area contributed by atoms with Gasteiger partial charge in [0.1, 0.15) is 0 Å². The lowest BCUT2D eigenvalue weighted by Gasteiger charge is -2.05. The van der Waals surface area contributed by atoms with Gasteiger partial charge in [-0.05, 0) is 14.1 Å². The van der Waals surface area contributed by atoms with Crippen molar-refractivity contribution in [3.63, 3.8) is 0 Å². The normalized spacial score (nSPS) is 23.1. The smallest absolute Gasteiger partial charge is 0.286 e. The molecule has 0 saturated carbocycles. The highest BCUT2D eigenvalue weighted by Gasteiger charge is 2.16. The molecule has 33 valence electrons. The first kappa shape index (κ1) is 5.26. The van der Waals surface area contributed by atoms with Crippen LogP contribution in [0, 0.1) is 0 Å². The molecular weight excluding hydrogens is 84.5 g/mol. The minimum Gasteiger partial charge on any atom is -0.387 e. The number of nitrogens with zero attached hydrogens (tertiary/aromatic N) is 2. The van der Waals surface area contributed by atoms with Gasteiger partial charge in [-0.25, -0.2) is 0 Å². The van der Waals surface area contributed by atoms with Crippen LogP contribution >= 0.6 is 0 Å². The predicted octanol–water partition coefficient (Wildman–Crippen LogP) is -1.45. The third-order valence-electron chi connectivity index (χ3n) is 0.901. The van der Waals surface area contributed by atoms with Gasteiger partial charge in [0, 0.05) is 0 Å². The van der Waals surface area contributed by atoms with Gasteiger partial charge in [0.05, 0.1) is 0 Å². The van der Waals surface area contributed by atoms with Crippen LogP contribution in [0.1, 0.15) is 0 Å². The van der Waals surface area contributed by atoms with Crippen LogP contribution in [0.2, 0.25) is 0 Å². The monoisotopic (exact) mass is 91.1 g/mol. The summed E-state index contributed by atoms with van der Waals surface area (Å²) in [6, 6.07) is 0. The van der Waals surface area contributed by atoms with E-state index in [1.54, 1.807) is 0 Å². The zero-order valence-corrected chi connectivity index (χ0v) is 4.63. The van der Waals surface area contributed by atoms with Gasteiger partial charge in [0.15, 0.2) is 14.6 Å². The van der Waals surface area contributed by atoms with E-state index in [9.17, 15) is 0 Å². The highest BCUT2D eigenvalue weighted by molar-refractivity contribution is 7.05. The summed E-state index contributed by atoms with van der Waals surface area (Å²) in [5.74, 6) is 0. The SMILES string of the molecule is CN1[B][B]N(C)[B]1. The fourth-order valence-electron chi connectivity index (χ4n) is 0.575. The van der Waals surface area contributed by atoms with E-state index >= 15 is 0 Å². The third kappa shape index (κ3) is 1.25. The van der Waals surface area contributed by atoms with Gasteiger partial charge in [-0.15, -0.1) is 0 Å². The minimum atomic E-state index is 2.00. The van der Waals surface area contributed by atoms with Gasteiger partial charge in [0.25, 0.3) is 7.55 Å². The van der Waals surface area contributed by atoms with E-state index < -0.39 is 0 Å². The predicted molar refractivity (Wildman–Crippen MR) is 32.8 cm³/mol. The Hall–Kier alpha value is 0.115. The van der Waals surface area contributed by atoms with Gasteiger partial charge in [-0.2, -0.15) is 0 Å². The highest BCUT2D eigenvalue weighted by Crippen LogP contribution is 1.87. The Morgan fingerprint density at radius 1 is 1.00 bits per heavy atom. The summed E-state index contributed by atoms with van der Waals surface area (Å²) in [4.78, 5) is 0. The molecule has 1 aliphatic rings. The Morgan fingerprint density at radius 3 is 1.57 bits per heavy atom. The Morgan fingerprint density at radius 2 is 1.43 bits per heavy atom. The molecule has 1 fully saturated rings. The van der Waals surface area contributed by atoms with E-state index in [0.29, 0.717) is 0 Å². The van der Waals surface area contributed by atoms with Gasteiger partial charge in [0.2, 0.25) is 0 Å². The quantitative estimate of drug-likeness (QED) is 0.336. The summed E-state index contributed by atoms with van der Waals surface area (Å²) in [6.07, 6.45) is 0. The first-order valence-electron chi connectivity index (χ1n) is 2.26. The Kier molecular flexibility index (Phi) is 1.45. The van der Waals surface area contributed by atoms with Gasteiger partial charge in [-0.3, -0.25) is 0 Å². The molecule has 1 saturated heterocycles. The van der Waals surface area contributed by atoms with Crippen molar-refractivity contribution in [2.75, 3.05) is 14.1 Å². The lowest BCUT2D eigenvalue weighted by molar-refractivity contribution is 0.768. The maximum Gasteiger partial charge on any atom is 0.286 e. The Bertz CT molecular complexity index is 60.0. The first-order valence-corrected chi connectivity index (χ1v) is 2.26. The van der Waals surface area contributed by atoms with Crippen molar-refractivity contribution < 1.29 is 0 Å². The average Bonchev–Trinajstić information content (AvgIpc) is 1.87. The second-order valence-corrected chi connectivity index (χ2v) is 1.74. The molecule has 0 amide bonds. The molecule has 0 bridgehead atoms. The van der Waals surface area contributed by atoms with Crippen molar-refractivity contribution in [3.8, 4) is 0 Å². The lowest BCUT2D eigenvalue weighted by Crippen LogP contribution is -2.24. The van der Waals surface area contributed by atoms with E-state index in [1.807, 2.05) is 45.7 Å². The molecule has 3 radical (unpaired) electrons. The van der Waals surface area contributed by atoms with Crippen molar-refractivity contribution in [1.29, 1.82) is 0 Å². The van der Waals surface area contributed by atoms with Gasteiger partial charge < -0.3 is 9.44 Å². The van der Waals surface area contributed by atoms with E-state index in [2.05, 4.69) is 0 Å². The zero-order chi connectivity index (χ0) is 5.28. The molecule has 0 aromatic rings. The van der Waals surface area contributed by atoms with Gasteiger partial charge in [-0.1, -0.05) is 0 Å². The van der Waals surface area contributed by atoms with Crippen LogP contribution < -0.4 is 0 Å². The van der Waals surface area contributed by atoms with Crippen LogP contribution in [0.5, 0.6) is 0 Å². The zero-order valence-electron chi connectivity index (χ0n) is 4.63. The molecule has 2 nitrogen and oxygen atoms in total. The second kappa shape index (κ2) is 1.93. The maximum atomic E-state index is 2.00. The van der Waals surface area contributed by atoms with Crippen molar-refractivity contribution in [2.45, 2.75) is 0 Å². The molecule has 1 heterocycles. The molecule has 0 aliphatic carbocycles. The molecule has 0 unspecified atom stereocenters. The number of hydrogen-bond donors (Lipinski definition) is 0. The van der Waals surface area contributed by atoms with Crippen molar-refractivity contribution in [2.24, 2.45) is 0 Å². The van der Waals surface area contributed by atoms with E-state index in [-0.39, 0.29) is 0 Å². The summed E-state index contributed by atoms with van der Waals surface area (Å²) < 4.78 is 4.00. The third-order valence-corrected chi connectivity index (χ3v) is 0.901. The molecule has 1 rings (SSSR count). The lowest BCUT2D eigenvalue weighted by atomic mass is 9.56. The molecule has 5 heteroatoms. The topological polar surface area (TPSA) is 6.48 Å². The molecule has 0 N–H and O–H groups in total. The average molecular weight is 90.5 g/mol. The van der Waals surface area contributed by atoms with Crippen LogP contribution in [0.4, 0.5) is 0 Å². The number of hydrogen-bond acceptors (Lipinski definition) is 2. The van der Waals surface area contributed by atoms with Crippen LogP contribution in [-0.4, -0.2) is 45.7 Å². The fraction of sp³-hybridized carbons (Fsp3) is 1.00. The maximum absolute atomic E-state index is 2.00. The summed E-state index contributed by atoms with van der Waals surface area (Å²) >= 11 is 0. The highest BCUT2D eigenvalue weighted by atomic mass is 15.1. The van der Waals surface area contributed by atoms with Crippen molar-refractivity contribution in [3.05, 3.63) is 0 Å². The van der Waals surface area contributed by atoms with Crippen LogP contribution in [0.25, 0.3) is 0 Å². The van der Waals surface area contributed by atoms with E-state index in [0.717, 1.165) is 0 Å². The van der Waals surface area contributed by atoms with E-state index in [4.69, 9.17) is 0 Å². The Balaban J connectivity index is 2.26. The van der Waals surface area contributed by atoms with Crippen molar-refractivity contribution in [1.82, 2.24) is 9.44 Å². The minimum absolute atomic E-state index is 2.00. The second-order valence-electron chi connectivity index (χ2n) is 1.74. The standard InChI is InChI=1S/C2H6B3N2/c1-6-3-4-7(2)5-6/h1-2H3. The molecule has 0 aromatic carbocycles. The molecule has 0 spiro atoms. The molecule has 1 aliphatic heterocycles. The van der Waals surface area contributed by atoms with Crippen LogP contribution in [0.15, 0.2) is 0 Å². The molecule has 7 heavy (non-hydrogen) atoms. The van der Waals surface area contributed by atoms with Crippen molar-refractivity contribution >= 4 is 22.2 Å². The van der Waals surface area contributed by atoms with E-state index in [1.165, 1.54) is 0 Å². The summed E-state index contributed by atoms with van der Waals surface area (Å²) in [5, 5.41) is 0. The van der Waals surface area contributed by atoms with Crippen LogP contribution in [0.3, 0.4) is 0 Å². The fourth-order valence-corrected chi connectivity index (χ4v) is 0.575. The summed E-state index contributed by atoms with van der Waals surface area (Å²) in [6.45, 7) is 0. The molecular formula is C2H6B3N2. The summed E-state index contributed by atoms with van der Waals surface area (Å²) in [7, 11) is 10.0. The molecule has 0 atom stereocenters. The Labute approximate surface area is 46.7 Å².